The van der Waals surface area contributed by atoms with E-state index in [1.54, 1.807) is 0 Å². The molecule has 11 heteroatoms. The molecule has 1 aromatic heterocycles. The number of hydrogen-bond acceptors (Lipinski definition) is 5. The average Bonchev–Trinajstić information content (AvgIpc) is 3.03. The second-order valence-corrected chi connectivity index (χ2v) is 8.25. The molecule has 1 saturated heterocycles. The van der Waals surface area contributed by atoms with E-state index in [1.807, 2.05) is 0 Å². The van der Waals surface area contributed by atoms with Crippen LogP contribution in [0.25, 0.3) is 0 Å². The summed E-state index contributed by atoms with van der Waals surface area (Å²) in [6, 6.07) is 0.973. The minimum atomic E-state index is -4.99. The summed E-state index contributed by atoms with van der Waals surface area (Å²) in [7, 11) is -3.18. The Morgan fingerprint density at radius 2 is 2.08 bits per heavy atom. The van der Waals surface area contributed by atoms with Crippen LogP contribution in [0, 0.1) is 6.92 Å². The molecule has 2 amide bonds. The Bertz CT molecular complexity index is 731. The number of halogens is 3. The molecule has 0 unspecified atom stereocenters. The van der Waals surface area contributed by atoms with Gasteiger partial charge in [-0.15, -0.1) is 0 Å². The molecule has 25 heavy (non-hydrogen) atoms. The van der Waals surface area contributed by atoms with Crippen molar-refractivity contribution >= 4 is 15.9 Å². The molecule has 2 atom stereocenters. The number of aryl methyl sites for hydroxylation is 1. The maximum Gasteiger partial charge on any atom is 0.424 e. The Balaban J connectivity index is 1.92. The van der Waals surface area contributed by atoms with Gasteiger partial charge in [-0.3, -0.25) is 0 Å². The Labute approximate surface area is 142 Å². The third-order valence-electron chi connectivity index (χ3n) is 3.96. The smallest absolute Gasteiger partial charge is 0.424 e. The predicted molar refractivity (Wildman–Crippen MR) is 81.6 cm³/mol. The van der Waals surface area contributed by atoms with Crippen molar-refractivity contribution in [2.75, 3.05) is 18.1 Å². The first-order valence-electron chi connectivity index (χ1n) is 7.54. The summed E-state index contributed by atoms with van der Waals surface area (Å²) in [5.41, 5.74) is -3.23. The highest BCUT2D eigenvalue weighted by molar-refractivity contribution is 7.91. The van der Waals surface area contributed by atoms with E-state index in [-0.39, 0.29) is 23.7 Å². The molecule has 142 valence electrons. The lowest BCUT2D eigenvalue weighted by molar-refractivity contribution is -0.274. The Morgan fingerprint density at radius 1 is 1.40 bits per heavy atom. The molecule has 0 spiro atoms. The number of nitrogens with one attached hydrogen (secondary N) is 2. The van der Waals surface area contributed by atoms with Crippen molar-refractivity contribution < 1.29 is 35.9 Å². The van der Waals surface area contributed by atoms with Gasteiger partial charge in [0.15, 0.2) is 9.84 Å². The summed E-state index contributed by atoms with van der Waals surface area (Å²) in [6.07, 6.45) is -5.58. The number of sulfone groups is 1. The monoisotopic (exact) mass is 384 g/mol. The standard InChI is InChI=1S/C14H19F3N2O5S/c1-9-2-3-11(24-9)13(21,14(15,16)17)5-6-18-12(20)19-10-4-7-25(22,23)8-10/h2-3,10,21H,4-8H2,1H3,(H2,18,19,20)/t10-,13-/m1/s1. The van der Waals surface area contributed by atoms with Crippen molar-refractivity contribution in [2.24, 2.45) is 0 Å². The lowest BCUT2D eigenvalue weighted by Crippen LogP contribution is -2.47. The lowest BCUT2D eigenvalue weighted by atomic mass is 9.96. The first-order valence-corrected chi connectivity index (χ1v) is 9.36. The summed E-state index contributed by atoms with van der Waals surface area (Å²) in [5.74, 6) is -0.672. The molecule has 2 heterocycles. The molecule has 1 aromatic rings. The van der Waals surface area contributed by atoms with Crippen LogP contribution in [0.1, 0.15) is 24.4 Å². The van der Waals surface area contributed by atoms with E-state index in [9.17, 15) is 31.5 Å². The van der Waals surface area contributed by atoms with Crippen molar-refractivity contribution in [3.05, 3.63) is 23.7 Å². The molecule has 0 aliphatic carbocycles. The van der Waals surface area contributed by atoms with Crippen molar-refractivity contribution in [2.45, 2.75) is 37.6 Å². The molecule has 7 nitrogen and oxygen atoms in total. The van der Waals surface area contributed by atoms with Gasteiger partial charge in [0.05, 0.1) is 11.5 Å². The lowest BCUT2D eigenvalue weighted by Gasteiger charge is -2.28. The van der Waals surface area contributed by atoms with E-state index in [4.69, 9.17) is 4.42 Å². The van der Waals surface area contributed by atoms with E-state index >= 15 is 0 Å². The number of carbonyl (C=O) groups excluding carboxylic acids is 1. The first-order chi connectivity index (χ1) is 11.4. The zero-order valence-corrected chi connectivity index (χ0v) is 14.2. The molecule has 0 aromatic carbocycles. The Morgan fingerprint density at radius 3 is 2.56 bits per heavy atom. The number of alkyl halides is 3. The SMILES string of the molecule is Cc1ccc([C@](O)(CCNC(=O)N[C@@H]2CCS(=O)(=O)C2)C(F)(F)F)o1. The Hall–Kier alpha value is -1.75. The van der Waals surface area contributed by atoms with Crippen LogP contribution in [0.15, 0.2) is 16.5 Å². The van der Waals surface area contributed by atoms with Crippen LogP contribution in [-0.2, 0) is 15.4 Å². The van der Waals surface area contributed by atoms with E-state index in [1.165, 1.54) is 13.0 Å². The van der Waals surface area contributed by atoms with Crippen LogP contribution in [-0.4, -0.2) is 49.8 Å². The van der Waals surface area contributed by atoms with Crippen LogP contribution in [0.2, 0.25) is 0 Å². The summed E-state index contributed by atoms with van der Waals surface area (Å²) in [6.45, 7) is 0.961. The molecular weight excluding hydrogens is 365 g/mol. The van der Waals surface area contributed by atoms with Gasteiger partial charge >= 0.3 is 12.2 Å². The van der Waals surface area contributed by atoms with Gasteiger partial charge in [0.25, 0.3) is 0 Å². The maximum atomic E-state index is 13.2. The van der Waals surface area contributed by atoms with Gasteiger partial charge in [-0.1, -0.05) is 0 Å². The average molecular weight is 384 g/mol. The minimum absolute atomic E-state index is 0.0381. The van der Waals surface area contributed by atoms with E-state index < -0.39 is 52.4 Å². The molecule has 1 fully saturated rings. The van der Waals surface area contributed by atoms with Gasteiger partial charge in [0.2, 0.25) is 5.60 Å². The normalized spacial score (nSPS) is 22.4. The zero-order chi connectivity index (χ0) is 18.9. The van der Waals surface area contributed by atoms with Gasteiger partial charge in [0.1, 0.15) is 11.5 Å². The number of rotatable bonds is 5. The molecule has 2 rings (SSSR count). The molecule has 0 saturated carbocycles. The fraction of sp³-hybridized carbons (Fsp3) is 0.643. The van der Waals surface area contributed by atoms with Gasteiger partial charge in [0, 0.05) is 19.0 Å². The van der Waals surface area contributed by atoms with Crippen molar-refractivity contribution in [1.29, 1.82) is 0 Å². The summed E-state index contributed by atoms with van der Waals surface area (Å²) < 4.78 is 67.2. The van der Waals surface area contributed by atoms with Gasteiger partial charge in [-0.05, 0) is 25.5 Å². The van der Waals surface area contributed by atoms with E-state index in [0.29, 0.717) is 0 Å². The Kier molecular flexibility index (Phi) is 5.38. The number of urea groups is 1. The maximum absolute atomic E-state index is 13.2. The number of aliphatic hydroxyl groups is 1. The first kappa shape index (κ1) is 19.6. The molecule has 0 bridgehead atoms. The van der Waals surface area contributed by atoms with Crippen LogP contribution >= 0.6 is 0 Å². The van der Waals surface area contributed by atoms with Crippen LogP contribution in [0.4, 0.5) is 18.0 Å². The van der Waals surface area contributed by atoms with Gasteiger partial charge in [-0.2, -0.15) is 13.2 Å². The van der Waals surface area contributed by atoms with Crippen LogP contribution in [0.5, 0.6) is 0 Å². The summed E-state index contributed by atoms with van der Waals surface area (Å²) >= 11 is 0. The fourth-order valence-corrected chi connectivity index (χ4v) is 4.24. The van der Waals surface area contributed by atoms with E-state index in [2.05, 4.69) is 10.6 Å². The third kappa shape index (κ3) is 4.66. The van der Waals surface area contributed by atoms with E-state index in [0.717, 1.165) is 6.07 Å². The number of amides is 2. The largest absolute Gasteiger partial charge is 0.463 e. The quantitative estimate of drug-likeness (QED) is 0.707. The summed E-state index contributed by atoms with van der Waals surface area (Å²) in [5, 5.41) is 14.6. The predicted octanol–water partition coefficient (Wildman–Crippen LogP) is 1.21. The second-order valence-electron chi connectivity index (χ2n) is 6.02. The number of carbonyl (C=O) groups is 1. The number of furan rings is 1. The van der Waals surface area contributed by atoms with Gasteiger partial charge < -0.3 is 20.2 Å². The molecule has 1 aliphatic heterocycles. The third-order valence-corrected chi connectivity index (χ3v) is 5.72. The molecule has 3 N–H and O–H groups in total. The van der Waals surface area contributed by atoms with Gasteiger partial charge in [-0.25, -0.2) is 13.2 Å². The second kappa shape index (κ2) is 6.87. The highest BCUT2D eigenvalue weighted by Crippen LogP contribution is 2.41. The topological polar surface area (TPSA) is 109 Å². The minimum Gasteiger partial charge on any atom is -0.463 e. The highest BCUT2D eigenvalue weighted by Gasteiger charge is 2.56. The molecular formula is C14H19F3N2O5S. The molecule has 0 radical (unpaired) electrons. The number of hydrogen-bond donors (Lipinski definition) is 3. The van der Waals surface area contributed by atoms with Crippen molar-refractivity contribution in [1.82, 2.24) is 10.6 Å². The summed E-state index contributed by atoms with van der Waals surface area (Å²) in [4.78, 5) is 11.7. The zero-order valence-electron chi connectivity index (χ0n) is 13.4. The van der Waals surface area contributed by atoms with Crippen LogP contribution in [0.3, 0.4) is 0 Å². The molecule has 1 aliphatic rings. The fourth-order valence-electron chi connectivity index (χ4n) is 2.56. The highest BCUT2D eigenvalue weighted by atomic mass is 32.2. The van der Waals surface area contributed by atoms with Crippen LogP contribution < -0.4 is 10.6 Å². The van der Waals surface area contributed by atoms with Crippen molar-refractivity contribution in [3.8, 4) is 0 Å². The van der Waals surface area contributed by atoms with Crippen molar-refractivity contribution in [3.63, 3.8) is 0 Å².